The van der Waals surface area contributed by atoms with E-state index in [4.69, 9.17) is 4.74 Å². The lowest BCUT2D eigenvalue weighted by Crippen LogP contribution is -2.26. The van der Waals surface area contributed by atoms with E-state index in [0.717, 1.165) is 19.3 Å². The molecular weight excluding hydrogens is 274 g/mol. The molecule has 1 aromatic rings. The summed E-state index contributed by atoms with van der Waals surface area (Å²) in [7, 11) is 0. The molecule has 4 nitrogen and oxygen atoms in total. The smallest absolute Gasteiger partial charge is 0.307 e. The summed E-state index contributed by atoms with van der Waals surface area (Å²) in [5, 5.41) is 4.56. The van der Waals surface area contributed by atoms with Crippen LogP contribution in [0.15, 0.2) is 29.7 Å². The minimum absolute atomic E-state index is 0.134. The third kappa shape index (κ3) is 4.81. The van der Waals surface area contributed by atoms with Gasteiger partial charge in [-0.05, 0) is 36.6 Å². The number of thiophene rings is 1. The molecule has 108 valence electrons. The summed E-state index contributed by atoms with van der Waals surface area (Å²) in [6.45, 7) is 0.808. The van der Waals surface area contributed by atoms with E-state index in [2.05, 4.69) is 17.5 Å². The number of allylic oxidation sites excluding steroid dienone is 2. The topological polar surface area (TPSA) is 55.4 Å². The molecule has 1 heterocycles. The number of hydrogen-bond acceptors (Lipinski definition) is 4. The second-order valence-electron chi connectivity index (χ2n) is 4.82. The highest BCUT2D eigenvalue weighted by molar-refractivity contribution is 7.12. The molecule has 1 amide bonds. The molecule has 1 unspecified atom stereocenters. The summed E-state index contributed by atoms with van der Waals surface area (Å²) < 4.78 is 5.23. The lowest BCUT2D eigenvalue weighted by Gasteiger charge is -2.17. The van der Waals surface area contributed by atoms with E-state index in [9.17, 15) is 9.59 Å². The van der Waals surface area contributed by atoms with Crippen molar-refractivity contribution < 1.29 is 14.3 Å². The van der Waals surface area contributed by atoms with Crippen molar-refractivity contribution in [1.82, 2.24) is 5.32 Å². The van der Waals surface area contributed by atoms with Gasteiger partial charge in [-0.2, -0.15) is 0 Å². The molecule has 1 N–H and O–H groups in total. The van der Waals surface area contributed by atoms with Crippen molar-refractivity contribution >= 4 is 23.2 Å². The fourth-order valence-electron chi connectivity index (χ4n) is 2.06. The summed E-state index contributed by atoms with van der Waals surface area (Å²) in [6, 6.07) is 3.58. The summed E-state index contributed by atoms with van der Waals surface area (Å²) in [5.74, 6) is 0.0703. The number of carbonyl (C=O) groups is 2. The summed E-state index contributed by atoms with van der Waals surface area (Å²) in [5.41, 5.74) is 0. The Hall–Kier alpha value is -1.62. The summed E-state index contributed by atoms with van der Waals surface area (Å²) in [4.78, 5) is 23.9. The monoisotopic (exact) mass is 293 g/mol. The third-order valence-electron chi connectivity index (χ3n) is 3.22. The molecule has 0 saturated heterocycles. The van der Waals surface area contributed by atoms with E-state index < -0.39 is 0 Å². The van der Waals surface area contributed by atoms with Gasteiger partial charge in [0, 0.05) is 6.54 Å². The van der Waals surface area contributed by atoms with Crippen LogP contribution in [0, 0.1) is 5.92 Å². The largest absolute Gasteiger partial charge is 0.465 e. The summed E-state index contributed by atoms with van der Waals surface area (Å²) >= 11 is 1.38. The Morgan fingerprint density at radius 3 is 3.00 bits per heavy atom. The van der Waals surface area contributed by atoms with Gasteiger partial charge in [-0.1, -0.05) is 18.2 Å². The van der Waals surface area contributed by atoms with Crippen molar-refractivity contribution in [1.29, 1.82) is 0 Å². The zero-order valence-electron chi connectivity index (χ0n) is 11.3. The highest BCUT2D eigenvalue weighted by Crippen LogP contribution is 2.18. The first-order chi connectivity index (χ1) is 9.75. The molecule has 0 fully saturated rings. The standard InChI is InChI=1S/C15H19NO3S/c17-14(19-11-12-5-2-1-3-6-12)8-9-16-15(18)13-7-4-10-20-13/h1-2,4,7,10,12H,3,5-6,8-9,11H2,(H,16,18). The Labute approximate surface area is 122 Å². The molecule has 1 aliphatic carbocycles. The van der Waals surface area contributed by atoms with Crippen LogP contribution in [0.5, 0.6) is 0 Å². The van der Waals surface area contributed by atoms with Gasteiger partial charge in [-0.3, -0.25) is 9.59 Å². The fraction of sp³-hybridized carbons (Fsp3) is 0.467. The minimum atomic E-state index is -0.244. The number of amides is 1. The lowest BCUT2D eigenvalue weighted by atomic mass is 9.95. The van der Waals surface area contributed by atoms with E-state index in [1.54, 1.807) is 6.07 Å². The molecule has 0 spiro atoms. The Morgan fingerprint density at radius 1 is 1.40 bits per heavy atom. The molecule has 5 heteroatoms. The van der Waals surface area contributed by atoms with E-state index >= 15 is 0 Å². The van der Waals surface area contributed by atoms with Gasteiger partial charge >= 0.3 is 5.97 Å². The van der Waals surface area contributed by atoms with Crippen LogP contribution in [0.25, 0.3) is 0 Å². The number of nitrogens with one attached hydrogen (secondary N) is 1. The van der Waals surface area contributed by atoms with Crippen LogP contribution in [0.2, 0.25) is 0 Å². The first-order valence-electron chi connectivity index (χ1n) is 6.88. The van der Waals surface area contributed by atoms with E-state index in [1.807, 2.05) is 11.4 Å². The van der Waals surface area contributed by atoms with Gasteiger partial charge in [-0.25, -0.2) is 0 Å². The van der Waals surface area contributed by atoms with Crippen molar-refractivity contribution in [2.75, 3.05) is 13.2 Å². The molecule has 2 rings (SSSR count). The number of carbonyl (C=O) groups excluding carboxylic acids is 2. The van der Waals surface area contributed by atoms with Crippen LogP contribution < -0.4 is 5.32 Å². The maximum absolute atomic E-state index is 11.6. The molecular formula is C15H19NO3S. The number of hydrogen-bond donors (Lipinski definition) is 1. The van der Waals surface area contributed by atoms with Crippen LogP contribution in [0.1, 0.15) is 35.4 Å². The molecule has 20 heavy (non-hydrogen) atoms. The van der Waals surface area contributed by atoms with E-state index in [1.165, 1.54) is 11.3 Å². The SMILES string of the molecule is O=C(CCNC(=O)c1cccs1)OCC1CC=CCC1. The average molecular weight is 293 g/mol. The Morgan fingerprint density at radius 2 is 2.30 bits per heavy atom. The molecule has 0 radical (unpaired) electrons. The van der Waals surface area contributed by atoms with Gasteiger partial charge < -0.3 is 10.1 Å². The zero-order chi connectivity index (χ0) is 14.2. The number of rotatable bonds is 6. The van der Waals surface area contributed by atoms with Crippen LogP contribution in [-0.4, -0.2) is 25.0 Å². The molecule has 1 aromatic heterocycles. The fourth-order valence-corrected chi connectivity index (χ4v) is 2.70. The number of esters is 1. The average Bonchev–Trinajstić information content (AvgIpc) is 3.00. The van der Waals surface area contributed by atoms with Crippen LogP contribution >= 0.6 is 11.3 Å². The van der Waals surface area contributed by atoms with Gasteiger partial charge in [0.05, 0.1) is 17.9 Å². The molecule has 0 aliphatic heterocycles. The second-order valence-corrected chi connectivity index (χ2v) is 5.76. The second kappa shape index (κ2) is 7.85. The van der Waals surface area contributed by atoms with Crippen molar-refractivity contribution in [3.63, 3.8) is 0 Å². The van der Waals surface area contributed by atoms with Crippen molar-refractivity contribution in [2.24, 2.45) is 5.92 Å². The lowest BCUT2D eigenvalue weighted by molar-refractivity contribution is -0.144. The zero-order valence-corrected chi connectivity index (χ0v) is 12.2. The normalized spacial score (nSPS) is 17.7. The molecule has 1 aliphatic rings. The van der Waals surface area contributed by atoms with Crippen molar-refractivity contribution in [3.8, 4) is 0 Å². The van der Waals surface area contributed by atoms with Crippen LogP contribution in [-0.2, 0) is 9.53 Å². The summed E-state index contributed by atoms with van der Waals surface area (Å²) in [6.07, 6.45) is 7.67. The Balaban J connectivity index is 1.58. The van der Waals surface area contributed by atoms with Crippen LogP contribution in [0.4, 0.5) is 0 Å². The first-order valence-corrected chi connectivity index (χ1v) is 7.76. The van der Waals surface area contributed by atoms with Crippen LogP contribution in [0.3, 0.4) is 0 Å². The molecule has 0 saturated carbocycles. The van der Waals surface area contributed by atoms with E-state index in [0.29, 0.717) is 23.9 Å². The van der Waals surface area contributed by atoms with E-state index in [-0.39, 0.29) is 18.3 Å². The van der Waals surface area contributed by atoms with Gasteiger partial charge in [-0.15, -0.1) is 11.3 Å². The predicted octanol–water partition coefficient (Wildman–Crippen LogP) is 2.77. The molecule has 0 aromatic carbocycles. The highest BCUT2D eigenvalue weighted by Gasteiger charge is 2.13. The van der Waals surface area contributed by atoms with Crippen molar-refractivity contribution in [2.45, 2.75) is 25.7 Å². The first kappa shape index (κ1) is 14.8. The predicted molar refractivity (Wildman–Crippen MR) is 78.7 cm³/mol. The van der Waals surface area contributed by atoms with Gasteiger partial charge in [0.1, 0.15) is 0 Å². The molecule has 1 atom stereocenters. The van der Waals surface area contributed by atoms with Gasteiger partial charge in [0.15, 0.2) is 0 Å². The minimum Gasteiger partial charge on any atom is -0.465 e. The highest BCUT2D eigenvalue weighted by atomic mass is 32.1. The Bertz CT molecular complexity index is 467. The maximum atomic E-state index is 11.6. The van der Waals surface area contributed by atoms with Gasteiger partial charge in [0.2, 0.25) is 0 Å². The van der Waals surface area contributed by atoms with Gasteiger partial charge in [0.25, 0.3) is 5.91 Å². The Kier molecular flexibility index (Phi) is 5.80. The quantitative estimate of drug-likeness (QED) is 0.648. The maximum Gasteiger partial charge on any atom is 0.307 e. The van der Waals surface area contributed by atoms with Crippen molar-refractivity contribution in [3.05, 3.63) is 34.5 Å². The molecule has 0 bridgehead atoms. The number of ether oxygens (including phenoxy) is 1. The third-order valence-corrected chi connectivity index (χ3v) is 4.09.